The minimum absolute atomic E-state index is 0.0627. The van der Waals surface area contributed by atoms with Crippen molar-refractivity contribution < 1.29 is 9.53 Å². The molecular formula is C22H26ClN3O2S. The zero-order valence-electron chi connectivity index (χ0n) is 16.5. The monoisotopic (exact) mass is 431 g/mol. The lowest BCUT2D eigenvalue weighted by Crippen LogP contribution is -2.54. The second-order valence-electron chi connectivity index (χ2n) is 7.09. The van der Waals surface area contributed by atoms with Crippen LogP contribution in [-0.4, -0.2) is 54.8 Å². The second kappa shape index (κ2) is 10.5. The van der Waals surface area contributed by atoms with Gasteiger partial charge >= 0.3 is 6.03 Å². The molecule has 7 heteroatoms. The van der Waals surface area contributed by atoms with Crippen LogP contribution in [0, 0.1) is 0 Å². The van der Waals surface area contributed by atoms with Crippen molar-refractivity contribution in [3.05, 3.63) is 65.2 Å². The summed E-state index contributed by atoms with van der Waals surface area (Å²) < 4.78 is 5.53. The summed E-state index contributed by atoms with van der Waals surface area (Å²) in [5.41, 5.74) is 2.28. The van der Waals surface area contributed by atoms with Crippen LogP contribution in [0.5, 0.6) is 0 Å². The van der Waals surface area contributed by atoms with Crippen LogP contribution in [0.2, 0.25) is 5.02 Å². The number of benzene rings is 2. The standard InChI is InChI=1S/C22H26ClN3O2S/c1-17(29)28-16-20(15-18-5-3-2-4-6-18)24-22(27)26-13-11-25(12-14-26)21-9-7-19(23)8-10-21/h2-10,20H,11-16H2,1H3,(H,24,27). The molecule has 1 atom stereocenters. The summed E-state index contributed by atoms with van der Waals surface area (Å²) in [5.74, 6) is 0. The molecule has 0 aliphatic carbocycles. The van der Waals surface area contributed by atoms with E-state index >= 15 is 0 Å². The van der Waals surface area contributed by atoms with E-state index in [0.29, 0.717) is 31.2 Å². The van der Waals surface area contributed by atoms with Crippen LogP contribution in [0.25, 0.3) is 0 Å². The summed E-state index contributed by atoms with van der Waals surface area (Å²) in [6.45, 7) is 5.01. The van der Waals surface area contributed by atoms with E-state index in [1.807, 2.05) is 59.5 Å². The van der Waals surface area contributed by atoms with Gasteiger partial charge in [0, 0.05) is 43.8 Å². The first-order valence-electron chi connectivity index (χ1n) is 9.74. The first-order valence-corrected chi connectivity index (χ1v) is 10.5. The molecule has 2 aromatic rings. The van der Waals surface area contributed by atoms with E-state index < -0.39 is 0 Å². The normalized spacial score (nSPS) is 15.0. The molecule has 0 radical (unpaired) electrons. The van der Waals surface area contributed by atoms with Gasteiger partial charge in [0.1, 0.15) is 6.61 Å². The van der Waals surface area contributed by atoms with Gasteiger partial charge in [0.15, 0.2) is 5.05 Å². The smallest absolute Gasteiger partial charge is 0.317 e. The van der Waals surface area contributed by atoms with Crippen molar-refractivity contribution in [2.45, 2.75) is 19.4 Å². The molecule has 2 amide bonds. The molecule has 1 saturated heterocycles. The number of amides is 2. The summed E-state index contributed by atoms with van der Waals surface area (Å²) in [7, 11) is 0. The quantitative estimate of drug-likeness (QED) is 0.698. The Morgan fingerprint density at radius 2 is 1.76 bits per heavy atom. The first-order chi connectivity index (χ1) is 14.0. The van der Waals surface area contributed by atoms with Crippen LogP contribution in [0.1, 0.15) is 12.5 Å². The molecule has 1 aliphatic heterocycles. The van der Waals surface area contributed by atoms with Crippen LogP contribution in [0.4, 0.5) is 10.5 Å². The first kappa shape index (κ1) is 21.4. The third-order valence-corrected chi connectivity index (χ3v) is 5.27. The maximum Gasteiger partial charge on any atom is 0.317 e. The zero-order valence-corrected chi connectivity index (χ0v) is 18.1. The van der Waals surface area contributed by atoms with Crippen LogP contribution >= 0.6 is 23.8 Å². The number of halogens is 1. The number of carbonyl (C=O) groups is 1. The second-order valence-corrected chi connectivity index (χ2v) is 8.10. The summed E-state index contributed by atoms with van der Waals surface area (Å²) >= 11 is 11.0. The van der Waals surface area contributed by atoms with Gasteiger partial charge in [-0.3, -0.25) is 0 Å². The van der Waals surface area contributed by atoms with E-state index in [2.05, 4.69) is 10.2 Å². The van der Waals surface area contributed by atoms with Crippen molar-refractivity contribution in [1.82, 2.24) is 10.2 Å². The van der Waals surface area contributed by atoms with Crippen molar-refractivity contribution in [3.63, 3.8) is 0 Å². The molecule has 3 rings (SSSR count). The molecule has 2 aromatic carbocycles. The van der Waals surface area contributed by atoms with Crippen LogP contribution in [-0.2, 0) is 11.2 Å². The van der Waals surface area contributed by atoms with Gasteiger partial charge in [-0.1, -0.05) is 41.9 Å². The highest BCUT2D eigenvalue weighted by atomic mass is 35.5. The van der Waals surface area contributed by atoms with Crippen molar-refractivity contribution in [1.29, 1.82) is 0 Å². The molecule has 154 valence electrons. The predicted octanol–water partition coefficient (Wildman–Crippen LogP) is 4.15. The molecule has 0 aromatic heterocycles. The number of nitrogens with one attached hydrogen (secondary N) is 1. The Morgan fingerprint density at radius 3 is 2.38 bits per heavy atom. The fourth-order valence-electron chi connectivity index (χ4n) is 3.35. The Bertz CT molecular complexity index is 809. The molecule has 5 nitrogen and oxygen atoms in total. The Hall–Kier alpha value is -2.31. The fraction of sp³-hybridized carbons (Fsp3) is 0.364. The largest absolute Gasteiger partial charge is 0.485 e. The SMILES string of the molecule is CC(=S)OCC(Cc1ccccc1)NC(=O)N1CCN(c2ccc(Cl)cc2)CC1. The molecule has 0 spiro atoms. The average Bonchev–Trinajstić information content (AvgIpc) is 2.73. The number of piperazine rings is 1. The molecular weight excluding hydrogens is 406 g/mol. The van der Waals surface area contributed by atoms with Crippen molar-refractivity contribution in [3.8, 4) is 0 Å². The number of ether oxygens (including phenoxy) is 1. The van der Waals surface area contributed by atoms with E-state index in [0.717, 1.165) is 29.4 Å². The average molecular weight is 432 g/mol. The van der Waals surface area contributed by atoms with Crippen LogP contribution in [0.3, 0.4) is 0 Å². The molecule has 1 aliphatic rings. The van der Waals surface area contributed by atoms with Crippen molar-refractivity contribution in [2.24, 2.45) is 0 Å². The van der Waals surface area contributed by atoms with E-state index in [-0.39, 0.29) is 12.1 Å². The topological polar surface area (TPSA) is 44.8 Å². The van der Waals surface area contributed by atoms with E-state index in [9.17, 15) is 4.79 Å². The highest BCUT2D eigenvalue weighted by Crippen LogP contribution is 2.19. The lowest BCUT2D eigenvalue weighted by molar-refractivity contribution is 0.181. The van der Waals surface area contributed by atoms with Gasteiger partial charge in [-0.2, -0.15) is 0 Å². The predicted molar refractivity (Wildman–Crippen MR) is 122 cm³/mol. The summed E-state index contributed by atoms with van der Waals surface area (Å²) in [5, 5.41) is 4.33. The lowest BCUT2D eigenvalue weighted by Gasteiger charge is -2.36. The lowest BCUT2D eigenvalue weighted by atomic mass is 10.1. The summed E-state index contributed by atoms with van der Waals surface area (Å²) in [6, 6.07) is 17.7. The third-order valence-electron chi connectivity index (χ3n) is 4.90. The number of nitrogens with zero attached hydrogens (tertiary/aromatic N) is 2. The molecule has 1 heterocycles. The Morgan fingerprint density at radius 1 is 1.10 bits per heavy atom. The molecule has 1 N–H and O–H groups in total. The van der Waals surface area contributed by atoms with Gasteiger partial charge in [0.05, 0.1) is 6.04 Å². The Kier molecular flexibility index (Phi) is 7.72. The maximum atomic E-state index is 12.8. The number of hydrogen-bond acceptors (Lipinski definition) is 4. The van der Waals surface area contributed by atoms with E-state index in [1.165, 1.54) is 0 Å². The highest BCUT2D eigenvalue weighted by molar-refractivity contribution is 7.80. The number of thiocarbonyl (C=S) groups is 1. The van der Waals surface area contributed by atoms with Gasteiger partial charge in [-0.25, -0.2) is 4.79 Å². The summed E-state index contributed by atoms with van der Waals surface area (Å²) in [6.07, 6.45) is 0.694. The molecule has 29 heavy (non-hydrogen) atoms. The van der Waals surface area contributed by atoms with Gasteiger partial charge in [-0.05, 0) is 48.5 Å². The molecule has 0 bridgehead atoms. The van der Waals surface area contributed by atoms with Crippen LogP contribution in [0.15, 0.2) is 54.6 Å². The maximum absolute atomic E-state index is 12.8. The van der Waals surface area contributed by atoms with Gasteiger partial charge in [0.25, 0.3) is 0 Å². The number of hydrogen-bond donors (Lipinski definition) is 1. The van der Waals surface area contributed by atoms with Crippen molar-refractivity contribution >= 4 is 40.6 Å². The van der Waals surface area contributed by atoms with E-state index in [1.54, 1.807) is 6.92 Å². The molecule has 1 unspecified atom stereocenters. The van der Waals surface area contributed by atoms with E-state index in [4.69, 9.17) is 28.6 Å². The van der Waals surface area contributed by atoms with Gasteiger partial charge in [-0.15, -0.1) is 0 Å². The van der Waals surface area contributed by atoms with Crippen LogP contribution < -0.4 is 10.2 Å². The fourth-order valence-corrected chi connectivity index (χ4v) is 3.55. The van der Waals surface area contributed by atoms with Crippen molar-refractivity contribution in [2.75, 3.05) is 37.7 Å². The minimum Gasteiger partial charge on any atom is -0.485 e. The Balaban J connectivity index is 1.55. The number of urea groups is 1. The Labute approximate surface area is 182 Å². The highest BCUT2D eigenvalue weighted by Gasteiger charge is 2.23. The zero-order chi connectivity index (χ0) is 20.6. The summed E-state index contributed by atoms with van der Waals surface area (Å²) in [4.78, 5) is 16.9. The number of anilines is 1. The van der Waals surface area contributed by atoms with Gasteiger partial charge in [0.2, 0.25) is 0 Å². The van der Waals surface area contributed by atoms with Gasteiger partial charge < -0.3 is 19.9 Å². The minimum atomic E-state index is -0.142. The number of rotatable bonds is 6. The third kappa shape index (κ3) is 6.61. The number of carbonyl (C=O) groups excluding carboxylic acids is 1. The molecule has 0 saturated carbocycles. The molecule has 1 fully saturated rings.